The highest BCUT2D eigenvalue weighted by Crippen LogP contribution is 2.23. The van der Waals surface area contributed by atoms with Crippen LogP contribution >= 0.6 is 0 Å². The van der Waals surface area contributed by atoms with Gasteiger partial charge in [0.1, 0.15) is 5.82 Å². The fraction of sp³-hybridized carbons (Fsp3) is 0.625. The largest absolute Gasteiger partial charge is 0.380 e. The number of nitrogens with one attached hydrogen (secondary N) is 1. The minimum absolute atomic E-state index is 0.0158. The fourth-order valence-electron chi connectivity index (χ4n) is 2.93. The molecule has 1 N–H and O–H groups in total. The van der Waals surface area contributed by atoms with Gasteiger partial charge in [-0.2, -0.15) is 0 Å². The molecule has 1 heterocycles. The van der Waals surface area contributed by atoms with Crippen LogP contribution in [0.25, 0.3) is 0 Å². The molecule has 3 nitrogen and oxygen atoms in total. The fourth-order valence-corrected chi connectivity index (χ4v) is 2.93. The first-order chi connectivity index (χ1) is 9.65. The topological polar surface area (TPSA) is 24.5 Å². The molecule has 3 atom stereocenters. The van der Waals surface area contributed by atoms with E-state index in [1.165, 1.54) is 6.07 Å². The second kappa shape index (κ2) is 7.16. The van der Waals surface area contributed by atoms with Crippen molar-refractivity contribution in [2.45, 2.75) is 25.5 Å². The molecule has 0 aliphatic carbocycles. The van der Waals surface area contributed by atoms with Crippen LogP contribution in [0.4, 0.5) is 4.39 Å². The molecule has 0 radical (unpaired) electrons. The maximum atomic E-state index is 13.9. The van der Waals surface area contributed by atoms with Crippen LogP contribution in [0, 0.1) is 11.7 Å². The van der Waals surface area contributed by atoms with Crippen LogP contribution in [-0.2, 0) is 4.74 Å². The molecule has 0 spiro atoms. The lowest BCUT2D eigenvalue weighted by molar-refractivity contribution is -0.00737. The number of nitrogens with zero attached hydrogens (tertiary/aromatic N) is 1. The van der Waals surface area contributed by atoms with Crippen LogP contribution in [0.1, 0.15) is 24.9 Å². The molecule has 0 bridgehead atoms. The number of hydrogen-bond acceptors (Lipinski definition) is 3. The van der Waals surface area contributed by atoms with Crippen LogP contribution in [0.3, 0.4) is 0 Å². The zero-order valence-corrected chi connectivity index (χ0v) is 12.6. The number of benzene rings is 1. The van der Waals surface area contributed by atoms with Gasteiger partial charge < -0.3 is 10.1 Å². The van der Waals surface area contributed by atoms with Crippen molar-refractivity contribution in [3.05, 3.63) is 35.6 Å². The molecule has 0 saturated carbocycles. The summed E-state index contributed by atoms with van der Waals surface area (Å²) in [5.74, 6) is 0.457. The molecule has 2 rings (SSSR count). The van der Waals surface area contributed by atoms with Gasteiger partial charge in [-0.15, -0.1) is 0 Å². The van der Waals surface area contributed by atoms with Crippen LogP contribution in [0.5, 0.6) is 0 Å². The van der Waals surface area contributed by atoms with Crippen molar-refractivity contribution in [1.29, 1.82) is 0 Å². The van der Waals surface area contributed by atoms with E-state index in [-0.39, 0.29) is 18.0 Å². The third kappa shape index (κ3) is 3.57. The monoisotopic (exact) mass is 280 g/mol. The van der Waals surface area contributed by atoms with E-state index in [9.17, 15) is 4.39 Å². The van der Waals surface area contributed by atoms with E-state index in [0.717, 1.165) is 31.6 Å². The third-order valence-corrected chi connectivity index (χ3v) is 4.35. The molecule has 0 amide bonds. The van der Waals surface area contributed by atoms with Crippen LogP contribution < -0.4 is 5.32 Å². The van der Waals surface area contributed by atoms with Crippen LogP contribution in [0.2, 0.25) is 0 Å². The Hall–Kier alpha value is -0.970. The molecule has 3 unspecified atom stereocenters. The first-order valence-corrected chi connectivity index (χ1v) is 7.32. The van der Waals surface area contributed by atoms with Crippen molar-refractivity contribution in [2.75, 3.05) is 33.8 Å². The number of methoxy groups -OCH3 is 1. The van der Waals surface area contributed by atoms with Gasteiger partial charge >= 0.3 is 0 Å². The lowest BCUT2D eigenvalue weighted by atomic mass is 9.95. The van der Waals surface area contributed by atoms with Crippen molar-refractivity contribution in [3.8, 4) is 0 Å². The highest BCUT2D eigenvalue weighted by molar-refractivity contribution is 5.21. The average molecular weight is 280 g/mol. The molecule has 1 aromatic rings. The van der Waals surface area contributed by atoms with E-state index < -0.39 is 0 Å². The van der Waals surface area contributed by atoms with E-state index in [4.69, 9.17) is 4.74 Å². The minimum Gasteiger partial charge on any atom is -0.380 e. The smallest absolute Gasteiger partial charge is 0.128 e. The van der Waals surface area contributed by atoms with Gasteiger partial charge in [0, 0.05) is 31.8 Å². The van der Waals surface area contributed by atoms with Crippen LogP contribution in [0.15, 0.2) is 24.3 Å². The predicted molar refractivity (Wildman–Crippen MR) is 79.2 cm³/mol. The summed E-state index contributed by atoms with van der Waals surface area (Å²) in [6.07, 6.45) is 1.41. The Morgan fingerprint density at radius 1 is 1.45 bits per heavy atom. The average Bonchev–Trinajstić information content (AvgIpc) is 2.47. The molecule has 1 aliphatic rings. The molecule has 0 aromatic heterocycles. The van der Waals surface area contributed by atoms with E-state index in [2.05, 4.69) is 17.1 Å². The van der Waals surface area contributed by atoms with Gasteiger partial charge in [0.25, 0.3) is 0 Å². The molecule has 1 fully saturated rings. The van der Waals surface area contributed by atoms with E-state index in [1.54, 1.807) is 13.2 Å². The summed E-state index contributed by atoms with van der Waals surface area (Å²) in [6.45, 7) is 5.01. The standard InChI is InChI=1S/C16H25FN2O/c1-12-8-9-19(11-16(12)20-3)10-15(18-2)13-6-4-5-7-14(13)17/h4-7,12,15-16,18H,8-11H2,1-3H3. The Balaban J connectivity index is 2.02. The van der Waals surface area contributed by atoms with Crippen LogP contribution in [-0.4, -0.2) is 44.8 Å². The molecule has 1 aliphatic heterocycles. The van der Waals surface area contributed by atoms with E-state index in [0.29, 0.717) is 5.92 Å². The predicted octanol–water partition coefficient (Wildman–Crippen LogP) is 2.44. The Bertz CT molecular complexity index is 427. The lowest BCUT2D eigenvalue weighted by Crippen LogP contribution is -2.46. The summed E-state index contributed by atoms with van der Waals surface area (Å²) < 4.78 is 19.4. The third-order valence-electron chi connectivity index (χ3n) is 4.35. The van der Waals surface area contributed by atoms with E-state index in [1.807, 2.05) is 19.2 Å². The number of rotatable bonds is 5. The highest BCUT2D eigenvalue weighted by Gasteiger charge is 2.27. The molecule has 1 saturated heterocycles. The van der Waals surface area contributed by atoms with Gasteiger partial charge in [-0.25, -0.2) is 4.39 Å². The first-order valence-electron chi connectivity index (χ1n) is 7.32. The molecule has 1 aromatic carbocycles. The first kappa shape index (κ1) is 15.4. The zero-order chi connectivity index (χ0) is 14.5. The number of piperidine rings is 1. The Labute approximate surface area is 121 Å². The molecular formula is C16H25FN2O. The summed E-state index contributed by atoms with van der Waals surface area (Å²) in [4.78, 5) is 2.36. The summed E-state index contributed by atoms with van der Waals surface area (Å²) in [7, 11) is 3.66. The van der Waals surface area contributed by atoms with Gasteiger partial charge in [0.2, 0.25) is 0 Å². The second-order valence-corrected chi connectivity index (χ2v) is 5.66. The lowest BCUT2D eigenvalue weighted by Gasteiger charge is -2.38. The number of likely N-dealkylation sites (tertiary alicyclic amines) is 1. The van der Waals surface area contributed by atoms with Crippen molar-refractivity contribution in [3.63, 3.8) is 0 Å². The summed E-state index contributed by atoms with van der Waals surface area (Å²) in [5.41, 5.74) is 0.739. The van der Waals surface area contributed by atoms with Crippen molar-refractivity contribution in [2.24, 2.45) is 5.92 Å². The van der Waals surface area contributed by atoms with Gasteiger partial charge in [-0.1, -0.05) is 25.1 Å². The highest BCUT2D eigenvalue weighted by atomic mass is 19.1. The normalized spacial score (nSPS) is 25.6. The number of hydrogen-bond donors (Lipinski definition) is 1. The summed E-state index contributed by atoms with van der Waals surface area (Å²) in [5, 5.41) is 3.23. The SMILES string of the molecule is CNC(CN1CCC(C)C(OC)C1)c1ccccc1F. The zero-order valence-electron chi connectivity index (χ0n) is 12.6. The molecule has 112 valence electrons. The van der Waals surface area contributed by atoms with Gasteiger partial charge in [-0.05, 0) is 32.0 Å². The Morgan fingerprint density at radius 2 is 2.20 bits per heavy atom. The summed E-state index contributed by atoms with van der Waals surface area (Å²) in [6, 6.07) is 7.02. The van der Waals surface area contributed by atoms with Crippen molar-refractivity contribution in [1.82, 2.24) is 10.2 Å². The quantitative estimate of drug-likeness (QED) is 0.896. The Kier molecular flexibility index (Phi) is 5.52. The van der Waals surface area contributed by atoms with E-state index >= 15 is 0 Å². The van der Waals surface area contributed by atoms with Gasteiger partial charge in [0.05, 0.1) is 6.10 Å². The summed E-state index contributed by atoms with van der Waals surface area (Å²) >= 11 is 0. The van der Waals surface area contributed by atoms with Gasteiger partial charge in [0.15, 0.2) is 0 Å². The van der Waals surface area contributed by atoms with Crippen molar-refractivity contribution >= 4 is 0 Å². The van der Waals surface area contributed by atoms with Gasteiger partial charge in [-0.3, -0.25) is 4.90 Å². The number of ether oxygens (including phenoxy) is 1. The maximum absolute atomic E-state index is 13.9. The van der Waals surface area contributed by atoms with Crippen molar-refractivity contribution < 1.29 is 9.13 Å². The Morgan fingerprint density at radius 3 is 2.85 bits per heavy atom. The number of halogens is 1. The molecule has 20 heavy (non-hydrogen) atoms. The minimum atomic E-state index is -0.138. The maximum Gasteiger partial charge on any atom is 0.128 e. The molecular weight excluding hydrogens is 255 g/mol. The molecule has 4 heteroatoms. The number of likely N-dealkylation sites (N-methyl/N-ethyl adjacent to an activating group) is 1. The second-order valence-electron chi connectivity index (χ2n) is 5.66.